The lowest BCUT2D eigenvalue weighted by atomic mass is 10.1. The largest absolute Gasteiger partial charge is 0.391 e. The Bertz CT molecular complexity index is 361. The van der Waals surface area contributed by atoms with E-state index in [1.54, 1.807) is 4.90 Å². The maximum Gasteiger partial charge on any atom is 0.167 e. The number of aliphatic hydroxyl groups is 1. The molecule has 3 nitrogen and oxygen atoms in total. The lowest BCUT2D eigenvalue weighted by Gasteiger charge is -2.31. The second-order valence-electron chi connectivity index (χ2n) is 3.70. The predicted octanol–water partition coefficient (Wildman–Crippen LogP) is 1.84. The summed E-state index contributed by atoms with van der Waals surface area (Å²) in [5.74, 6) is -0.158. The van der Waals surface area contributed by atoms with E-state index < -0.39 is 11.9 Å². The standard InChI is InChI=1S/C10H12ClFN2O/c11-7-4-9(12)10(13-5-7)14-3-1-2-8(15)6-14/h4-5,8,15H,1-3,6H2. The fourth-order valence-electron chi connectivity index (χ4n) is 1.79. The minimum Gasteiger partial charge on any atom is -0.391 e. The van der Waals surface area contributed by atoms with Gasteiger partial charge in [-0.25, -0.2) is 9.37 Å². The molecule has 1 N–H and O–H groups in total. The Labute approximate surface area is 92.5 Å². The van der Waals surface area contributed by atoms with Crippen LogP contribution in [0.2, 0.25) is 5.02 Å². The molecule has 1 fully saturated rings. The zero-order chi connectivity index (χ0) is 10.8. The molecule has 1 aromatic heterocycles. The summed E-state index contributed by atoms with van der Waals surface area (Å²) in [6.45, 7) is 1.16. The molecular formula is C10H12ClFN2O. The summed E-state index contributed by atoms with van der Waals surface area (Å²) < 4.78 is 13.5. The molecule has 1 unspecified atom stereocenters. The highest BCUT2D eigenvalue weighted by molar-refractivity contribution is 6.30. The summed E-state index contributed by atoms with van der Waals surface area (Å²) in [5, 5.41) is 9.75. The molecule has 0 saturated carbocycles. The molecule has 5 heteroatoms. The summed E-state index contributed by atoms with van der Waals surface area (Å²) >= 11 is 5.61. The number of aliphatic hydroxyl groups excluding tert-OH is 1. The number of hydrogen-bond donors (Lipinski definition) is 1. The van der Waals surface area contributed by atoms with Crippen LogP contribution in [-0.4, -0.2) is 29.3 Å². The fourth-order valence-corrected chi connectivity index (χ4v) is 1.93. The molecule has 0 bridgehead atoms. The van der Waals surface area contributed by atoms with Crippen LogP contribution in [0.5, 0.6) is 0 Å². The van der Waals surface area contributed by atoms with Gasteiger partial charge in [-0.15, -0.1) is 0 Å². The van der Waals surface area contributed by atoms with Crippen molar-refractivity contribution >= 4 is 17.4 Å². The third-order valence-corrected chi connectivity index (χ3v) is 2.69. The van der Waals surface area contributed by atoms with Gasteiger partial charge < -0.3 is 10.0 Å². The first-order valence-corrected chi connectivity index (χ1v) is 5.28. The zero-order valence-corrected chi connectivity index (χ0v) is 8.91. The number of halogens is 2. The molecule has 2 rings (SSSR count). The second kappa shape index (κ2) is 4.33. The van der Waals surface area contributed by atoms with E-state index in [0.29, 0.717) is 6.54 Å². The summed E-state index contributed by atoms with van der Waals surface area (Å²) in [4.78, 5) is 5.69. The van der Waals surface area contributed by atoms with E-state index in [2.05, 4.69) is 4.98 Å². The number of anilines is 1. The maximum atomic E-state index is 13.5. The number of aromatic nitrogens is 1. The van der Waals surface area contributed by atoms with Crippen molar-refractivity contribution < 1.29 is 9.50 Å². The smallest absolute Gasteiger partial charge is 0.167 e. The summed E-state index contributed by atoms with van der Waals surface area (Å²) in [7, 11) is 0. The van der Waals surface area contributed by atoms with Crippen molar-refractivity contribution in [3.8, 4) is 0 Å². The van der Waals surface area contributed by atoms with Gasteiger partial charge in [0.2, 0.25) is 0 Å². The van der Waals surface area contributed by atoms with Crippen molar-refractivity contribution in [3.63, 3.8) is 0 Å². The summed E-state index contributed by atoms with van der Waals surface area (Å²) in [6.07, 6.45) is 2.65. The molecule has 0 spiro atoms. The van der Waals surface area contributed by atoms with Crippen molar-refractivity contribution in [2.45, 2.75) is 18.9 Å². The number of piperidine rings is 1. The van der Waals surface area contributed by atoms with Crippen LogP contribution < -0.4 is 4.90 Å². The highest BCUT2D eigenvalue weighted by atomic mass is 35.5. The van der Waals surface area contributed by atoms with Crippen LogP contribution in [0.3, 0.4) is 0 Å². The van der Waals surface area contributed by atoms with Gasteiger partial charge in [0.25, 0.3) is 0 Å². The Hall–Kier alpha value is -0.870. The van der Waals surface area contributed by atoms with Gasteiger partial charge in [-0.2, -0.15) is 0 Å². The zero-order valence-electron chi connectivity index (χ0n) is 8.16. The quantitative estimate of drug-likeness (QED) is 0.800. The van der Waals surface area contributed by atoms with Crippen molar-refractivity contribution in [3.05, 3.63) is 23.1 Å². The normalized spacial score (nSPS) is 21.8. The van der Waals surface area contributed by atoms with Gasteiger partial charge in [-0.05, 0) is 18.9 Å². The lowest BCUT2D eigenvalue weighted by molar-refractivity contribution is 0.153. The molecule has 1 atom stereocenters. The van der Waals surface area contributed by atoms with E-state index >= 15 is 0 Å². The molecule has 15 heavy (non-hydrogen) atoms. The van der Waals surface area contributed by atoms with Gasteiger partial charge in [0, 0.05) is 19.3 Å². The van der Waals surface area contributed by atoms with Crippen LogP contribution in [0.4, 0.5) is 10.2 Å². The minimum atomic E-state index is -0.434. The first-order chi connectivity index (χ1) is 7.16. The van der Waals surface area contributed by atoms with Crippen LogP contribution in [0, 0.1) is 5.82 Å². The number of β-amino-alcohol motifs (C(OH)–C–C–N with tert-alkyl or cyclic N) is 1. The Morgan fingerprint density at radius 3 is 3.07 bits per heavy atom. The molecule has 1 aromatic rings. The maximum absolute atomic E-state index is 13.5. The molecule has 1 aliphatic rings. The van der Waals surface area contributed by atoms with Crippen molar-refractivity contribution in [1.82, 2.24) is 4.98 Å². The predicted molar refractivity (Wildman–Crippen MR) is 56.7 cm³/mol. The van der Waals surface area contributed by atoms with Gasteiger partial charge in [-0.3, -0.25) is 0 Å². The highest BCUT2D eigenvalue weighted by Gasteiger charge is 2.21. The Morgan fingerprint density at radius 2 is 2.40 bits per heavy atom. The summed E-state index contributed by atoms with van der Waals surface area (Å²) in [5.41, 5.74) is 0. The van der Waals surface area contributed by atoms with E-state index in [9.17, 15) is 9.50 Å². The topological polar surface area (TPSA) is 36.4 Å². The lowest BCUT2D eigenvalue weighted by Crippen LogP contribution is -2.39. The number of hydrogen-bond acceptors (Lipinski definition) is 3. The van der Waals surface area contributed by atoms with Gasteiger partial charge in [-0.1, -0.05) is 11.6 Å². The van der Waals surface area contributed by atoms with Crippen LogP contribution >= 0.6 is 11.6 Å². The van der Waals surface area contributed by atoms with Gasteiger partial charge in [0.15, 0.2) is 11.6 Å². The number of pyridine rings is 1. The Morgan fingerprint density at radius 1 is 1.60 bits per heavy atom. The van der Waals surface area contributed by atoms with E-state index in [1.165, 1.54) is 12.3 Å². The average molecular weight is 231 g/mol. The van der Waals surface area contributed by atoms with E-state index in [1.807, 2.05) is 0 Å². The third-order valence-electron chi connectivity index (χ3n) is 2.48. The molecular weight excluding hydrogens is 219 g/mol. The molecule has 1 aliphatic heterocycles. The molecule has 2 heterocycles. The van der Waals surface area contributed by atoms with Crippen molar-refractivity contribution in [1.29, 1.82) is 0 Å². The van der Waals surface area contributed by atoms with Crippen LogP contribution in [0.15, 0.2) is 12.3 Å². The van der Waals surface area contributed by atoms with Crippen molar-refractivity contribution in [2.75, 3.05) is 18.0 Å². The van der Waals surface area contributed by atoms with Gasteiger partial charge in [0.05, 0.1) is 11.1 Å². The first-order valence-electron chi connectivity index (χ1n) is 4.91. The summed E-state index contributed by atoms with van der Waals surface area (Å²) in [6, 6.07) is 1.24. The van der Waals surface area contributed by atoms with Crippen LogP contribution in [-0.2, 0) is 0 Å². The average Bonchev–Trinajstić information content (AvgIpc) is 2.17. The molecule has 0 amide bonds. The van der Waals surface area contributed by atoms with Crippen molar-refractivity contribution in [2.24, 2.45) is 0 Å². The highest BCUT2D eigenvalue weighted by Crippen LogP contribution is 2.22. The van der Waals surface area contributed by atoms with Gasteiger partial charge in [0.1, 0.15) is 0 Å². The van der Waals surface area contributed by atoms with Crippen LogP contribution in [0.25, 0.3) is 0 Å². The Kier molecular flexibility index (Phi) is 3.07. The van der Waals surface area contributed by atoms with E-state index in [0.717, 1.165) is 19.4 Å². The Balaban J connectivity index is 2.21. The second-order valence-corrected chi connectivity index (χ2v) is 4.14. The number of nitrogens with zero attached hydrogens (tertiary/aromatic N) is 2. The minimum absolute atomic E-state index is 0.276. The molecule has 1 saturated heterocycles. The van der Waals surface area contributed by atoms with E-state index in [-0.39, 0.29) is 10.8 Å². The molecule has 0 radical (unpaired) electrons. The first kappa shape index (κ1) is 10.6. The van der Waals surface area contributed by atoms with Crippen LogP contribution in [0.1, 0.15) is 12.8 Å². The molecule has 0 aliphatic carbocycles. The third kappa shape index (κ3) is 2.38. The molecule has 82 valence electrons. The number of rotatable bonds is 1. The van der Waals surface area contributed by atoms with E-state index in [4.69, 9.17) is 11.6 Å². The molecule has 0 aromatic carbocycles. The monoisotopic (exact) mass is 230 g/mol. The SMILES string of the molecule is OC1CCCN(c2ncc(Cl)cc2F)C1. The fraction of sp³-hybridized carbons (Fsp3) is 0.500. The van der Waals surface area contributed by atoms with Gasteiger partial charge >= 0.3 is 0 Å².